The second kappa shape index (κ2) is 5.65. The molecule has 100 valence electrons. The number of nitrogens with zero attached hydrogens (tertiary/aromatic N) is 1. The lowest BCUT2D eigenvalue weighted by atomic mass is 10.1. The maximum atomic E-state index is 13.3. The fourth-order valence-electron chi connectivity index (χ4n) is 2.30. The van der Waals surface area contributed by atoms with Crippen molar-refractivity contribution >= 4 is 5.69 Å². The zero-order valence-electron chi connectivity index (χ0n) is 10.9. The topological polar surface area (TPSA) is 15.3 Å². The Morgan fingerprint density at radius 2 is 2.00 bits per heavy atom. The van der Waals surface area contributed by atoms with Crippen LogP contribution in [0.25, 0.3) is 0 Å². The van der Waals surface area contributed by atoms with Crippen LogP contribution in [-0.4, -0.2) is 25.7 Å². The molecule has 4 heteroatoms. The van der Waals surface area contributed by atoms with Crippen molar-refractivity contribution in [3.05, 3.63) is 29.8 Å². The van der Waals surface area contributed by atoms with Crippen LogP contribution in [0.15, 0.2) is 18.2 Å². The fourth-order valence-corrected chi connectivity index (χ4v) is 2.30. The van der Waals surface area contributed by atoms with E-state index in [0.29, 0.717) is 12.0 Å². The first-order chi connectivity index (χ1) is 8.56. The molecule has 0 amide bonds. The Morgan fingerprint density at radius 3 is 2.72 bits per heavy atom. The lowest BCUT2D eigenvalue weighted by Crippen LogP contribution is -2.42. The number of anilines is 1. The predicted octanol–water partition coefficient (Wildman–Crippen LogP) is 2.79. The molecule has 0 saturated carbocycles. The Labute approximate surface area is 107 Å². The van der Waals surface area contributed by atoms with Gasteiger partial charge in [0.25, 0.3) is 0 Å². The molecule has 1 saturated heterocycles. The van der Waals surface area contributed by atoms with Crippen LogP contribution >= 0.6 is 0 Å². The molecule has 1 N–H and O–H groups in total. The molecular weight excluding hydrogens is 234 g/mol. The highest BCUT2D eigenvalue weighted by molar-refractivity contribution is 5.46. The van der Waals surface area contributed by atoms with Gasteiger partial charge in [0.2, 0.25) is 0 Å². The van der Waals surface area contributed by atoms with Gasteiger partial charge >= 0.3 is 0 Å². The minimum atomic E-state index is -0.783. The molecule has 1 aromatic carbocycles. The zero-order chi connectivity index (χ0) is 13.1. The molecule has 1 aliphatic rings. The highest BCUT2D eigenvalue weighted by Crippen LogP contribution is 2.20. The van der Waals surface area contributed by atoms with Gasteiger partial charge < -0.3 is 10.2 Å². The van der Waals surface area contributed by atoms with Crippen LogP contribution in [0.3, 0.4) is 0 Å². The summed E-state index contributed by atoms with van der Waals surface area (Å²) in [5, 5.41) is 3.47. The van der Waals surface area contributed by atoms with Gasteiger partial charge in [0.15, 0.2) is 11.6 Å². The fraction of sp³-hybridized carbons (Fsp3) is 0.571. The summed E-state index contributed by atoms with van der Waals surface area (Å²) in [6.45, 7) is 7.01. The van der Waals surface area contributed by atoms with E-state index in [4.69, 9.17) is 0 Å². The van der Waals surface area contributed by atoms with Crippen LogP contribution in [0.2, 0.25) is 0 Å². The molecule has 2 atom stereocenters. The van der Waals surface area contributed by atoms with E-state index < -0.39 is 11.6 Å². The van der Waals surface area contributed by atoms with Gasteiger partial charge in [-0.15, -0.1) is 0 Å². The molecule has 1 fully saturated rings. The molecule has 0 radical (unpaired) electrons. The summed E-state index contributed by atoms with van der Waals surface area (Å²) in [5.41, 5.74) is 0.773. The molecule has 1 aromatic rings. The van der Waals surface area contributed by atoms with E-state index >= 15 is 0 Å². The number of hydrogen-bond donors (Lipinski definition) is 1. The SMILES string of the molecule is CC1CNC(C)CCN(c2ccc(F)c(F)c2)C1. The van der Waals surface area contributed by atoms with Gasteiger partial charge in [-0.3, -0.25) is 0 Å². The molecule has 2 nitrogen and oxygen atoms in total. The number of rotatable bonds is 1. The van der Waals surface area contributed by atoms with E-state index in [1.165, 1.54) is 12.1 Å². The van der Waals surface area contributed by atoms with Crippen molar-refractivity contribution in [1.29, 1.82) is 0 Å². The second-order valence-electron chi connectivity index (χ2n) is 5.25. The first-order valence-corrected chi connectivity index (χ1v) is 6.49. The molecule has 18 heavy (non-hydrogen) atoms. The van der Waals surface area contributed by atoms with Crippen molar-refractivity contribution < 1.29 is 8.78 Å². The summed E-state index contributed by atoms with van der Waals surface area (Å²) in [6, 6.07) is 4.61. The van der Waals surface area contributed by atoms with Gasteiger partial charge in [-0.05, 0) is 37.9 Å². The maximum Gasteiger partial charge on any atom is 0.160 e. The number of hydrogen-bond acceptors (Lipinski definition) is 2. The standard InChI is InChI=1S/C14H20F2N2/c1-10-8-17-11(2)5-6-18(9-10)12-3-4-13(15)14(16)7-12/h3-4,7,10-11,17H,5-6,8-9H2,1-2H3. The van der Waals surface area contributed by atoms with Gasteiger partial charge in [0.1, 0.15) is 0 Å². The van der Waals surface area contributed by atoms with E-state index in [9.17, 15) is 8.78 Å². The summed E-state index contributed by atoms with van der Waals surface area (Å²) in [4.78, 5) is 2.14. The summed E-state index contributed by atoms with van der Waals surface area (Å²) < 4.78 is 26.2. The van der Waals surface area contributed by atoms with Gasteiger partial charge in [-0.2, -0.15) is 0 Å². The predicted molar refractivity (Wildman–Crippen MR) is 69.8 cm³/mol. The normalized spacial score (nSPS) is 25.7. The van der Waals surface area contributed by atoms with Gasteiger partial charge in [0, 0.05) is 30.9 Å². The van der Waals surface area contributed by atoms with E-state index in [2.05, 4.69) is 24.1 Å². The van der Waals surface area contributed by atoms with Crippen LogP contribution in [0.1, 0.15) is 20.3 Å². The molecule has 0 spiro atoms. The molecule has 2 unspecified atom stereocenters. The molecule has 0 bridgehead atoms. The lowest BCUT2D eigenvalue weighted by molar-refractivity contribution is 0.410. The Kier molecular flexibility index (Phi) is 4.17. The highest BCUT2D eigenvalue weighted by Gasteiger charge is 2.17. The molecule has 1 aliphatic heterocycles. The van der Waals surface area contributed by atoms with Crippen LogP contribution in [-0.2, 0) is 0 Å². The molecule has 1 heterocycles. The number of halogens is 2. The van der Waals surface area contributed by atoms with Crippen molar-refractivity contribution in [2.75, 3.05) is 24.5 Å². The third kappa shape index (κ3) is 3.19. The van der Waals surface area contributed by atoms with Crippen molar-refractivity contribution in [2.24, 2.45) is 5.92 Å². The minimum absolute atomic E-state index is 0.459. The lowest BCUT2D eigenvalue weighted by Gasteiger charge is -2.32. The van der Waals surface area contributed by atoms with Crippen molar-refractivity contribution in [3.63, 3.8) is 0 Å². The molecule has 0 aliphatic carbocycles. The Balaban J connectivity index is 2.15. The van der Waals surface area contributed by atoms with E-state index in [0.717, 1.165) is 31.7 Å². The Bertz CT molecular complexity index is 409. The van der Waals surface area contributed by atoms with Crippen LogP contribution < -0.4 is 10.2 Å². The average Bonchev–Trinajstić information content (AvgIpc) is 2.33. The third-order valence-electron chi connectivity index (χ3n) is 3.45. The Morgan fingerprint density at radius 1 is 1.22 bits per heavy atom. The van der Waals surface area contributed by atoms with Gasteiger partial charge in [-0.1, -0.05) is 6.92 Å². The monoisotopic (exact) mass is 254 g/mol. The van der Waals surface area contributed by atoms with Crippen LogP contribution in [0, 0.1) is 17.6 Å². The average molecular weight is 254 g/mol. The summed E-state index contributed by atoms with van der Waals surface area (Å²) >= 11 is 0. The minimum Gasteiger partial charge on any atom is -0.371 e. The van der Waals surface area contributed by atoms with E-state index in [-0.39, 0.29) is 0 Å². The van der Waals surface area contributed by atoms with Crippen LogP contribution in [0.5, 0.6) is 0 Å². The van der Waals surface area contributed by atoms with Crippen molar-refractivity contribution in [3.8, 4) is 0 Å². The largest absolute Gasteiger partial charge is 0.371 e. The highest BCUT2D eigenvalue weighted by atomic mass is 19.2. The first kappa shape index (κ1) is 13.3. The quantitative estimate of drug-likeness (QED) is 0.829. The Hall–Kier alpha value is -1.16. The number of nitrogens with one attached hydrogen (secondary N) is 1. The summed E-state index contributed by atoms with van der Waals surface area (Å²) in [5.74, 6) is -1.07. The first-order valence-electron chi connectivity index (χ1n) is 6.49. The zero-order valence-corrected chi connectivity index (χ0v) is 10.9. The van der Waals surface area contributed by atoms with E-state index in [1.807, 2.05) is 0 Å². The van der Waals surface area contributed by atoms with Crippen molar-refractivity contribution in [2.45, 2.75) is 26.3 Å². The van der Waals surface area contributed by atoms with Gasteiger partial charge in [-0.25, -0.2) is 8.78 Å². The smallest absolute Gasteiger partial charge is 0.160 e. The van der Waals surface area contributed by atoms with E-state index in [1.54, 1.807) is 6.07 Å². The molecular formula is C14H20F2N2. The number of benzene rings is 1. The molecule has 2 rings (SSSR count). The third-order valence-corrected chi connectivity index (χ3v) is 3.45. The summed E-state index contributed by atoms with van der Waals surface area (Å²) in [7, 11) is 0. The second-order valence-corrected chi connectivity index (χ2v) is 5.25. The maximum absolute atomic E-state index is 13.3. The summed E-state index contributed by atoms with van der Waals surface area (Å²) in [6.07, 6.45) is 1.01. The van der Waals surface area contributed by atoms with Gasteiger partial charge in [0.05, 0.1) is 0 Å². The molecule has 0 aromatic heterocycles. The van der Waals surface area contributed by atoms with Crippen molar-refractivity contribution in [1.82, 2.24) is 5.32 Å². The van der Waals surface area contributed by atoms with Crippen LogP contribution in [0.4, 0.5) is 14.5 Å².